The van der Waals surface area contributed by atoms with Crippen molar-refractivity contribution in [1.29, 1.82) is 0 Å². The predicted octanol–water partition coefficient (Wildman–Crippen LogP) is 11.9. The molecule has 0 saturated heterocycles. The van der Waals surface area contributed by atoms with E-state index in [-0.39, 0.29) is 0 Å². The van der Waals surface area contributed by atoms with Crippen LogP contribution in [0, 0.1) is 6.57 Å². The van der Waals surface area contributed by atoms with E-state index in [2.05, 4.69) is 17.0 Å². The zero-order valence-electron chi connectivity index (χ0n) is 30.0. The lowest BCUT2D eigenvalue weighted by Gasteiger charge is -2.18. The van der Waals surface area contributed by atoms with Crippen LogP contribution in [0.1, 0.15) is 0 Å². The molecule has 2 heterocycles. The predicted molar refractivity (Wildman–Crippen MR) is 223 cm³/mol. The summed E-state index contributed by atoms with van der Waals surface area (Å²) in [5.74, 6) is 3.37. The molecule has 2 aromatic heterocycles. The molecule has 0 unspecified atom stereocenters. The van der Waals surface area contributed by atoms with Gasteiger partial charge in [-0.25, -0.2) is 34.7 Å². The van der Waals surface area contributed by atoms with Gasteiger partial charge in [-0.05, 0) is 28.3 Å². The van der Waals surface area contributed by atoms with Gasteiger partial charge in [-0.1, -0.05) is 182 Å². The fraction of sp³-hybridized carbons (Fsp3) is 0. The van der Waals surface area contributed by atoms with Crippen molar-refractivity contribution in [3.8, 4) is 90.6 Å². The Morgan fingerprint density at radius 2 is 0.554 bits per heavy atom. The van der Waals surface area contributed by atoms with Crippen LogP contribution in [0.15, 0.2) is 188 Å². The maximum absolute atomic E-state index is 8.00. The number of benzene rings is 7. The monoisotopic (exact) mass is 717 g/mol. The maximum Gasteiger partial charge on any atom is 0.187 e. The molecule has 0 aliphatic carbocycles. The zero-order chi connectivity index (χ0) is 37.7. The van der Waals surface area contributed by atoms with E-state index in [1.807, 2.05) is 176 Å². The number of hydrogen-bond donors (Lipinski definition) is 0. The molecule has 7 heteroatoms. The molecule has 0 spiro atoms. The molecular formula is C49H31N7. The molecule has 56 heavy (non-hydrogen) atoms. The fourth-order valence-electron chi connectivity index (χ4n) is 6.74. The highest BCUT2D eigenvalue weighted by Gasteiger charge is 2.21. The average molecular weight is 718 g/mol. The van der Waals surface area contributed by atoms with Gasteiger partial charge in [-0.15, -0.1) is 0 Å². The lowest BCUT2D eigenvalue weighted by Crippen LogP contribution is -2.02. The number of rotatable bonds is 8. The van der Waals surface area contributed by atoms with E-state index in [1.54, 1.807) is 0 Å². The van der Waals surface area contributed by atoms with Crippen LogP contribution in [0.25, 0.3) is 95.4 Å². The Hall–Kier alpha value is -7.95. The summed E-state index contributed by atoms with van der Waals surface area (Å²) in [4.78, 5) is 33.9. The van der Waals surface area contributed by atoms with Crippen LogP contribution in [0.5, 0.6) is 0 Å². The summed E-state index contributed by atoms with van der Waals surface area (Å²) in [5.41, 5.74) is 9.25. The molecule has 0 fully saturated rings. The summed E-state index contributed by atoms with van der Waals surface area (Å²) in [6.07, 6.45) is 0. The lowest BCUT2D eigenvalue weighted by atomic mass is 9.89. The van der Waals surface area contributed by atoms with Gasteiger partial charge in [0.15, 0.2) is 40.6 Å². The molecular weight excluding hydrogens is 687 g/mol. The van der Waals surface area contributed by atoms with E-state index in [9.17, 15) is 0 Å². The molecule has 0 atom stereocenters. The van der Waals surface area contributed by atoms with Gasteiger partial charge >= 0.3 is 0 Å². The first kappa shape index (κ1) is 33.9. The number of hydrogen-bond acceptors (Lipinski definition) is 6. The van der Waals surface area contributed by atoms with Gasteiger partial charge in [0.2, 0.25) is 0 Å². The standard InChI is InChI=1S/C49H31N7/c1-50-37-30-31-40(38-26-14-16-28-41(38)48-53-44(33-18-6-2-7-19-33)51-45(54-48)34-20-8-3-9-21-34)43(32-37)39-27-15-17-29-42(39)49-55-46(35-22-10-4-11-23-35)52-47(56-49)36-24-12-5-13-25-36/h2-32H. The molecule has 0 N–H and O–H groups in total. The largest absolute Gasteiger partial charge is 0.238 e. The third kappa shape index (κ3) is 6.82. The Balaban J connectivity index is 1.25. The van der Waals surface area contributed by atoms with Crippen LogP contribution in [-0.2, 0) is 0 Å². The molecule has 7 nitrogen and oxygen atoms in total. The van der Waals surface area contributed by atoms with Crippen molar-refractivity contribution in [2.75, 3.05) is 0 Å². The Labute approximate surface area is 324 Å². The third-order valence-corrected chi connectivity index (χ3v) is 9.45. The van der Waals surface area contributed by atoms with E-state index in [0.29, 0.717) is 40.6 Å². The summed E-state index contributed by atoms with van der Waals surface area (Å²) < 4.78 is 0. The zero-order valence-corrected chi connectivity index (χ0v) is 30.0. The molecule has 262 valence electrons. The third-order valence-electron chi connectivity index (χ3n) is 9.45. The highest BCUT2D eigenvalue weighted by atomic mass is 15.0. The van der Waals surface area contributed by atoms with Gasteiger partial charge in [0, 0.05) is 33.4 Å². The van der Waals surface area contributed by atoms with Crippen LogP contribution in [-0.4, -0.2) is 29.9 Å². The first-order valence-corrected chi connectivity index (χ1v) is 18.2. The molecule has 0 saturated carbocycles. The van der Waals surface area contributed by atoms with E-state index in [0.717, 1.165) is 55.6 Å². The fourth-order valence-corrected chi connectivity index (χ4v) is 6.74. The molecule has 0 aliphatic heterocycles. The second kappa shape index (κ2) is 15.2. The Morgan fingerprint density at radius 1 is 0.268 bits per heavy atom. The van der Waals surface area contributed by atoms with Crippen LogP contribution >= 0.6 is 0 Å². The van der Waals surface area contributed by atoms with Gasteiger partial charge in [0.1, 0.15) is 0 Å². The van der Waals surface area contributed by atoms with Gasteiger partial charge in [0.05, 0.1) is 6.57 Å². The topological polar surface area (TPSA) is 81.7 Å². The van der Waals surface area contributed by atoms with Crippen molar-refractivity contribution >= 4 is 5.69 Å². The van der Waals surface area contributed by atoms with E-state index < -0.39 is 0 Å². The molecule has 7 aromatic carbocycles. The van der Waals surface area contributed by atoms with Crippen molar-refractivity contribution in [1.82, 2.24) is 29.9 Å². The second-order valence-electron chi connectivity index (χ2n) is 13.0. The minimum atomic E-state index is 0.513. The summed E-state index contributed by atoms with van der Waals surface area (Å²) >= 11 is 0. The van der Waals surface area contributed by atoms with E-state index in [1.165, 1.54) is 0 Å². The highest BCUT2D eigenvalue weighted by molar-refractivity contribution is 5.96. The Kier molecular flexibility index (Phi) is 9.18. The first-order chi connectivity index (χ1) is 27.7. The van der Waals surface area contributed by atoms with Crippen molar-refractivity contribution < 1.29 is 0 Å². The Morgan fingerprint density at radius 3 is 0.911 bits per heavy atom. The minimum Gasteiger partial charge on any atom is -0.238 e. The van der Waals surface area contributed by atoms with Crippen molar-refractivity contribution in [2.45, 2.75) is 0 Å². The summed E-state index contributed by atoms with van der Waals surface area (Å²) in [7, 11) is 0. The maximum atomic E-state index is 8.00. The molecule has 0 aliphatic rings. The number of aromatic nitrogens is 6. The summed E-state index contributed by atoms with van der Waals surface area (Å²) in [5, 5.41) is 0. The van der Waals surface area contributed by atoms with Gasteiger partial charge in [0.25, 0.3) is 0 Å². The molecule has 0 radical (unpaired) electrons. The van der Waals surface area contributed by atoms with Crippen molar-refractivity contribution in [3.05, 3.63) is 199 Å². The second-order valence-corrected chi connectivity index (χ2v) is 13.0. The minimum absolute atomic E-state index is 0.513. The molecule has 9 aromatic rings. The average Bonchev–Trinajstić information content (AvgIpc) is 3.29. The van der Waals surface area contributed by atoms with E-state index in [4.69, 9.17) is 36.5 Å². The smallest absolute Gasteiger partial charge is 0.187 e. The number of nitrogens with zero attached hydrogens (tertiary/aromatic N) is 7. The van der Waals surface area contributed by atoms with Crippen molar-refractivity contribution in [2.24, 2.45) is 0 Å². The SMILES string of the molecule is [C-]#[N+]c1ccc(-c2ccccc2-c2nc(-c3ccccc3)nc(-c3ccccc3)n2)c(-c2ccccc2-c2nc(-c3ccccc3)nc(-c3ccccc3)n2)c1. The van der Waals surface area contributed by atoms with Crippen LogP contribution < -0.4 is 0 Å². The van der Waals surface area contributed by atoms with Crippen molar-refractivity contribution in [3.63, 3.8) is 0 Å². The quantitative estimate of drug-likeness (QED) is 0.146. The van der Waals surface area contributed by atoms with Crippen LogP contribution in [0.3, 0.4) is 0 Å². The van der Waals surface area contributed by atoms with Gasteiger partial charge in [-0.3, -0.25) is 0 Å². The van der Waals surface area contributed by atoms with Gasteiger partial charge in [-0.2, -0.15) is 0 Å². The molecule has 9 rings (SSSR count). The molecule has 0 bridgehead atoms. The van der Waals surface area contributed by atoms with Crippen LogP contribution in [0.2, 0.25) is 0 Å². The molecule has 0 amide bonds. The van der Waals surface area contributed by atoms with E-state index >= 15 is 0 Å². The normalized spacial score (nSPS) is 10.8. The van der Waals surface area contributed by atoms with Gasteiger partial charge < -0.3 is 0 Å². The first-order valence-electron chi connectivity index (χ1n) is 18.2. The summed E-state index contributed by atoms with van der Waals surface area (Å²) in [6.45, 7) is 8.00. The van der Waals surface area contributed by atoms with Crippen LogP contribution in [0.4, 0.5) is 5.69 Å². The summed E-state index contributed by atoms with van der Waals surface area (Å²) in [6, 6.07) is 61.8. The highest BCUT2D eigenvalue weighted by Crippen LogP contribution is 2.43. The Bertz CT molecular complexity index is 2740. The lowest BCUT2D eigenvalue weighted by molar-refractivity contribution is 1.07.